The number of hydrogen-bond acceptors (Lipinski definition) is 2. The van der Waals surface area contributed by atoms with Crippen LogP contribution in [0, 0.1) is 11.8 Å². The van der Waals surface area contributed by atoms with Crippen LogP contribution in [0.15, 0.2) is 0 Å². The van der Waals surface area contributed by atoms with Gasteiger partial charge in [-0.25, -0.2) is 0 Å². The van der Waals surface area contributed by atoms with Gasteiger partial charge in [0.2, 0.25) is 0 Å². The molecule has 3 unspecified atom stereocenters. The van der Waals surface area contributed by atoms with Crippen LogP contribution in [0.3, 0.4) is 0 Å². The summed E-state index contributed by atoms with van der Waals surface area (Å²) in [6.07, 6.45) is 11.5. The normalized spacial score (nSPS) is 29.8. The van der Waals surface area contributed by atoms with Crippen molar-refractivity contribution < 1.29 is 4.74 Å². The van der Waals surface area contributed by atoms with E-state index in [2.05, 4.69) is 13.8 Å². The van der Waals surface area contributed by atoms with Crippen LogP contribution in [-0.2, 0) is 4.74 Å². The van der Waals surface area contributed by atoms with Crippen LogP contribution in [0.1, 0.15) is 71.6 Å². The zero-order valence-electron chi connectivity index (χ0n) is 12.3. The lowest BCUT2D eigenvalue weighted by atomic mass is 9.68. The van der Waals surface area contributed by atoms with Crippen LogP contribution >= 0.6 is 0 Å². The number of hydrogen-bond donors (Lipinski definition) is 1. The van der Waals surface area contributed by atoms with Crippen molar-refractivity contribution in [3.8, 4) is 0 Å². The highest BCUT2D eigenvalue weighted by Gasteiger charge is 2.44. The maximum Gasteiger partial charge on any atom is 0.0685 e. The molecule has 106 valence electrons. The molecule has 2 fully saturated rings. The van der Waals surface area contributed by atoms with E-state index in [1.165, 1.54) is 57.8 Å². The van der Waals surface area contributed by atoms with Crippen LogP contribution in [0.25, 0.3) is 0 Å². The van der Waals surface area contributed by atoms with Crippen molar-refractivity contribution in [2.24, 2.45) is 17.6 Å². The van der Waals surface area contributed by atoms with Gasteiger partial charge in [-0.05, 0) is 50.4 Å². The summed E-state index contributed by atoms with van der Waals surface area (Å²) in [6.45, 7) is 5.53. The van der Waals surface area contributed by atoms with E-state index in [0.29, 0.717) is 12.0 Å². The lowest BCUT2D eigenvalue weighted by Gasteiger charge is -2.49. The average Bonchev–Trinajstić information content (AvgIpc) is 2.37. The summed E-state index contributed by atoms with van der Waals surface area (Å²) in [5.41, 5.74) is 6.84. The van der Waals surface area contributed by atoms with Crippen molar-refractivity contribution >= 4 is 0 Å². The fourth-order valence-corrected chi connectivity index (χ4v) is 3.83. The van der Waals surface area contributed by atoms with Crippen molar-refractivity contribution in [1.29, 1.82) is 0 Å². The number of rotatable bonds is 6. The summed E-state index contributed by atoms with van der Waals surface area (Å²) in [6, 6.07) is 0.405. The Bertz CT molecular complexity index is 249. The van der Waals surface area contributed by atoms with Gasteiger partial charge in [-0.1, -0.05) is 33.1 Å². The summed E-state index contributed by atoms with van der Waals surface area (Å²) in [5, 5.41) is 0. The van der Waals surface area contributed by atoms with Gasteiger partial charge >= 0.3 is 0 Å². The third-order valence-electron chi connectivity index (χ3n) is 5.34. The Morgan fingerprint density at radius 3 is 2.67 bits per heavy atom. The van der Waals surface area contributed by atoms with Crippen LogP contribution in [-0.4, -0.2) is 18.2 Å². The summed E-state index contributed by atoms with van der Waals surface area (Å²) < 4.78 is 6.02. The molecule has 2 rings (SSSR count). The maximum absolute atomic E-state index is 6.59. The van der Waals surface area contributed by atoms with Gasteiger partial charge in [0.15, 0.2) is 0 Å². The van der Waals surface area contributed by atoms with Crippen LogP contribution in [0.4, 0.5) is 0 Å². The van der Waals surface area contributed by atoms with E-state index in [4.69, 9.17) is 10.5 Å². The highest BCUT2D eigenvalue weighted by Crippen LogP contribution is 2.45. The first-order chi connectivity index (χ1) is 8.71. The maximum atomic E-state index is 6.59. The Morgan fingerprint density at radius 1 is 1.33 bits per heavy atom. The van der Waals surface area contributed by atoms with Gasteiger partial charge in [-0.2, -0.15) is 0 Å². The van der Waals surface area contributed by atoms with E-state index >= 15 is 0 Å². The minimum Gasteiger partial charge on any atom is -0.375 e. The highest BCUT2D eigenvalue weighted by molar-refractivity contribution is 4.97. The molecule has 1 saturated heterocycles. The molecule has 3 atom stereocenters. The molecule has 0 radical (unpaired) electrons. The molecule has 2 N–H and O–H groups in total. The Morgan fingerprint density at radius 2 is 2.11 bits per heavy atom. The highest BCUT2D eigenvalue weighted by atomic mass is 16.5. The summed E-state index contributed by atoms with van der Waals surface area (Å²) >= 11 is 0. The lowest BCUT2D eigenvalue weighted by molar-refractivity contribution is -0.147. The fraction of sp³-hybridized carbons (Fsp3) is 1.00. The molecule has 2 aliphatic rings. The van der Waals surface area contributed by atoms with Crippen LogP contribution in [0.2, 0.25) is 0 Å². The van der Waals surface area contributed by atoms with Crippen molar-refractivity contribution in [3.63, 3.8) is 0 Å². The molecular formula is C16H31NO. The fourth-order valence-electron chi connectivity index (χ4n) is 3.83. The van der Waals surface area contributed by atoms with E-state index in [1.807, 2.05) is 0 Å². The predicted octanol–water partition coefficient (Wildman–Crippen LogP) is 3.88. The topological polar surface area (TPSA) is 35.2 Å². The van der Waals surface area contributed by atoms with Gasteiger partial charge in [-0.3, -0.25) is 0 Å². The number of unbranched alkanes of at least 4 members (excludes halogenated alkanes) is 1. The quantitative estimate of drug-likeness (QED) is 0.779. The first-order valence-corrected chi connectivity index (χ1v) is 8.10. The summed E-state index contributed by atoms with van der Waals surface area (Å²) in [5.74, 6) is 1.44. The molecule has 1 aliphatic heterocycles. The molecule has 1 aliphatic carbocycles. The molecule has 18 heavy (non-hydrogen) atoms. The summed E-state index contributed by atoms with van der Waals surface area (Å²) in [4.78, 5) is 0. The van der Waals surface area contributed by atoms with Gasteiger partial charge in [0.25, 0.3) is 0 Å². The smallest absolute Gasteiger partial charge is 0.0685 e. The first-order valence-electron chi connectivity index (χ1n) is 8.10. The van der Waals surface area contributed by atoms with Crippen LogP contribution < -0.4 is 5.73 Å². The molecule has 1 spiro atoms. The van der Waals surface area contributed by atoms with Crippen molar-refractivity contribution in [2.45, 2.75) is 83.3 Å². The molecular weight excluding hydrogens is 222 g/mol. The third-order valence-corrected chi connectivity index (χ3v) is 5.34. The zero-order chi connectivity index (χ0) is 13.0. The molecule has 0 bridgehead atoms. The Balaban J connectivity index is 1.88. The lowest BCUT2D eigenvalue weighted by Crippen LogP contribution is -2.50. The second-order valence-electron chi connectivity index (χ2n) is 6.53. The monoisotopic (exact) mass is 253 g/mol. The zero-order valence-corrected chi connectivity index (χ0v) is 12.3. The van der Waals surface area contributed by atoms with E-state index in [-0.39, 0.29) is 5.60 Å². The molecule has 2 nitrogen and oxygen atoms in total. The number of nitrogens with two attached hydrogens (primary N) is 1. The molecule has 0 aromatic heterocycles. The van der Waals surface area contributed by atoms with Gasteiger partial charge in [0, 0.05) is 12.6 Å². The van der Waals surface area contributed by atoms with Gasteiger partial charge in [0.1, 0.15) is 0 Å². The van der Waals surface area contributed by atoms with E-state index in [9.17, 15) is 0 Å². The average molecular weight is 253 g/mol. The van der Waals surface area contributed by atoms with E-state index in [1.54, 1.807) is 0 Å². The molecule has 0 aromatic carbocycles. The molecule has 2 heteroatoms. The largest absolute Gasteiger partial charge is 0.375 e. The molecule has 1 saturated carbocycles. The van der Waals surface area contributed by atoms with Crippen molar-refractivity contribution in [3.05, 3.63) is 0 Å². The Kier molecular flexibility index (Phi) is 5.08. The SMILES string of the molecule is CCCCC(CC)C(N)C1CCOC2(CCC2)C1. The minimum absolute atomic E-state index is 0.254. The third kappa shape index (κ3) is 3.08. The summed E-state index contributed by atoms with van der Waals surface area (Å²) in [7, 11) is 0. The molecule has 0 amide bonds. The van der Waals surface area contributed by atoms with Gasteiger partial charge in [0.05, 0.1) is 5.60 Å². The predicted molar refractivity (Wildman–Crippen MR) is 76.5 cm³/mol. The molecule has 1 heterocycles. The second kappa shape index (κ2) is 6.38. The van der Waals surface area contributed by atoms with Gasteiger partial charge < -0.3 is 10.5 Å². The van der Waals surface area contributed by atoms with Crippen LogP contribution in [0.5, 0.6) is 0 Å². The van der Waals surface area contributed by atoms with E-state index in [0.717, 1.165) is 12.5 Å². The second-order valence-corrected chi connectivity index (χ2v) is 6.53. The van der Waals surface area contributed by atoms with Gasteiger partial charge in [-0.15, -0.1) is 0 Å². The van der Waals surface area contributed by atoms with Crippen molar-refractivity contribution in [2.75, 3.05) is 6.61 Å². The first kappa shape index (κ1) is 14.3. The van der Waals surface area contributed by atoms with E-state index < -0.39 is 0 Å². The van der Waals surface area contributed by atoms with Crippen molar-refractivity contribution in [1.82, 2.24) is 0 Å². The Labute approximate surface area is 113 Å². The number of ether oxygens (including phenoxy) is 1. The minimum atomic E-state index is 0.254. The standard InChI is InChI=1S/C16H31NO/c1-3-5-7-13(4-2)15(17)14-8-11-18-16(12-14)9-6-10-16/h13-15H,3-12,17H2,1-2H3. The molecule has 0 aromatic rings. The Hall–Kier alpha value is -0.0800.